The highest BCUT2D eigenvalue weighted by Crippen LogP contribution is 2.31. The molecule has 1 aromatic rings. The number of rotatable bonds is 4. The Morgan fingerprint density at radius 3 is 2.95 bits per heavy atom. The molecule has 0 bridgehead atoms. The zero-order valence-corrected chi connectivity index (χ0v) is 12.8. The third kappa shape index (κ3) is 4.35. The van der Waals surface area contributed by atoms with Gasteiger partial charge in [0.15, 0.2) is 0 Å². The van der Waals surface area contributed by atoms with E-state index in [9.17, 15) is 5.11 Å². The molecule has 0 aliphatic heterocycles. The van der Waals surface area contributed by atoms with E-state index in [1.165, 1.54) is 6.42 Å². The molecule has 4 heteroatoms. The van der Waals surface area contributed by atoms with E-state index in [-0.39, 0.29) is 0 Å². The summed E-state index contributed by atoms with van der Waals surface area (Å²) >= 11 is 12.1. The Morgan fingerprint density at radius 2 is 2.21 bits per heavy atom. The first-order chi connectivity index (χ1) is 8.98. The van der Waals surface area contributed by atoms with Crippen LogP contribution >= 0.6 is 23.2 Å². The minimum atomic E-state index is -0.567. The molecule has 1 saturated carbocycles. The van der Waals surface area contributed by atoms with Crippen LogP contribution in [0.4, 0.5) is 0 Å². The number of halogens is 2. The number of benzene rings is 1. The lowest BCUT2D eigenvalue weighted by Crippen LogP contribution is -2.43. The first-order valence-electron chi connectivity index (χ1n) is 6.85. The summed E-state index contributed by atoms with van der Waals surface area (Å²) in [5.74, 6) is 0.607. The van der Waals surface area contributed by atoms with Crippen LogP contribution in [0.2, 0.25) is 10.0 Å². The smallest absolute Gasteiger partial charge is 0.0774 e. The van der Waals surface area contributed by atoms with Crippen molar-refractivity contribution in [2.45, 2.75) is 44.8 Å². The first-order valence-corrected chi connectivity index (χ1v) is 7.61. The molecule has 0 heterocycles. The van der Waals surface area contributed by atoms with Crippen molar-refractivity contribution in [2.75, 3.05) is 6.54 Å². The van der Waals surface area contributed by atoms with Gasteiger partial charge in [-0.15, -0.1) is 0 Å². The minimum Gasteiger partial charge on any atom is -0.389 e. The standard InChI is InChI=1S/C15H21Cl2NO/c1-11-3-2-6-15(19,8-11)10-18-9-12-7-13(16)4-5-14(12)17/h4-5,7,11,18-19H,2-3,6,8-10H2,1H3. The van der Waals surface area contributed by atoms with Crippen molar-refractivity contribution in [3.05, 3.63) is 33.8 Å². The highest BCUT2D eigenvalue weighted by atomic mass is 35.5. The Balaban J connectivity index is 1.87. The summed E-state index contributed by atoms with van der Waals surface area (Å²) in [6.45, 7) is 3.45. The van der Waals surface area contributed by atoms with Crippen LogP contribution in [0, 0.1) is 5.92 Å². The predicted molar refractivity (Wildman–Crippen MR) is 80.8 cm³/mol. The molecule has 19 heavy (non-hydrogen) atoms. The molecule has 1 aliphatic carbocycles. The number of hydrogen-bond acceptors (Lipinski definition) is 2. The Morgan fingerprint density at radius 1 is 1.42 bits per heavy atom. The van der Waals surface area contributed by atoms with Gasteiger partial charge in [0.1, 0.15) is 0 Å². The van der Waals surface area contributed by atoms with Crippen molar-refractivity contribution < 1.29 is 5.11 Å². The fourth-order valence-corrected chi connectivity index (χ4v) is 3.28. The molecule has 0 spiro atoms. The molecule has 1 aliphatic rings. The fourth-order valence-electron chi connectivity index (χ4n) is 2.90. The molecule has 1 aromatic carbocycles. The second-order valence-corrected chi connectivity index (χ2v) is 6.61. The zero-order valence-electron chi connectivity index (χ0n) is 11.3. The van der Waals surface area contributed by atoms with Crippen LogP contribution in [-0.4, -0.2) is 17.3 Å². The molecule has 106 valence electrons. The molecule has 0 aromatic heterocycles. The number of hydrogen-bond donors (Lipinski definition) is 2. The molecule has 2 unspecified atom stereocenters. The molecule has 0 amide bonds. The van der Waals surface area contributed by atoms with Gasteiger partial charge in [-0.05, 0) is 42.5 Å². The van der Waals surface area contributed by atoms with Crippen LogP contribution in [0.3, 0.4) is 0 Å². The van der Waals surface area contributed by atoms with E-state index in [1.54, 1.807) is 12.1 Å². The van der Waals surface area contributed by atoms with E-state index in [0.717, 1.165) is 24.8 Å². The van der Waals surface area contributed by atoms with E-state index in [2.05, 4.69) is 12.2 Å². The quantitative estimate of drug-likeness (QED) is 0.880. The van der Waals surface area contributed by atoms with Gasteiger partial charge in [-0.2, -0.15) is 0 Å². The van der Waals surface area contributed by atoms with Crippen molar-refractivity contribution in [1.29, 1.82) is 0 Å². The molecule has 2 rings (SSSR count). The van der Waals surface area contributed by atoms with Crippen molar-refractivity contribution in [2.24, 2.45) is 5.92 Å². The number of nitrogens with one attached hydrogen (secondary N) is 1. The van der Waals surface area contributed by atoms with Gasteiger partial charge in [0.25, 0.3) is 0 Å². The third-order valence-corrected chi connectivity index (χ3v) is 4.45. The monoisotopic (exact) mass is 301 g/mol. The maximum Gasteiger partial charge on any atom is 0.0774 e. The average molecular weight is 302 g/mol. The largest absolute Gasteiger partial charge is 0.389 e. The second kappa shape index (κ2) is 6.45. The van der Waals surface area contributed by atoms with Crippen LogP contribution in [0.1, 0.15) is 38.2 Å². The topological polar surface area (TPSA) is 32.3 Å². The molecular formula is C15H21Cl2NO. The van der Waals surface area contributed by atoms with Gasteiger partial charge >= 0.3 is 0 Å². The van der Waals surface area contributed by atoms with E-state index < -0.39 is 5.60 Å². The SMILES string of the molecule is CC1CCCC(O)(CNCc2cc(Cl)ccc2Cl)C1. The average Bonchev–Trinajstić information content (AvgIpc) is 2.33. The summed E-state index contributed by atoms with van der Waals surface area (Å²) in [4.78, 5) is 0. The van der Waals surface area contributed by atoms with Crippen molar-refractivity contribution in [3.8, 4) is 0 Å². The molecule has 0 saturated heterocycles. The maximum absolute atomic E-state index is 10.5. The molecular weight excluding hydrogens is 281 g/mol. The van der Waals surface area contributed by atoms with Crippen molar-refractivity contribution >= 4 is 23.2 Å². The van der Waals surface area contributed by atoms with Gasteiger partial charge in [-0.25, -0.2) is 0 Å². The van der Waals surface area contributed by atoms with Gasteiger partial charge < -0.3 is 10.4 Å². The second-order valence-electron chi connectivity index (χ2n) is 5.77. The summed E-state index contributed by atoms with van der Waals surface area (Å²) in [6.07, 6.45) is 4.09. The summed E-state index contributed by atoms with van der Waals surface area (Å²) < 4.78 is 0. The number of aliphatic hydroxyl groups is 1. The first kappa shape index (κ1) is 15.1. The van der Waals surface area contributed by atoms with Crippen LogP contribution < -0.4 is 5.32 Å². The summed E-state index contributed by atoms with van der Waals surface area (Å²) in [7, 11) is 0. The third-order valence-electron chi connectivity index (χ3n) is 3.84. The Hall–Kier alpha value is -0.280. The lowest BCUT2D eigenvalue weighted by molar-refractivity contribution is -0.0119. The van der Waals surface area contributed by atoms with Gasteiger partial charge in [0, 0.05) is 23.1 Å². The maximum atomic E-state index is 10.5. The Kier molecular flexibility index (Phi) is 5.13. The summed E-state index contributed by atoms with van der Waals surface area (Å²) in [6, 6.07) is 5.45. The van der Waals surface area contributed by atoms with Gasteiger partial charge in [-0.3, -0.25) is 0 Å². The minimum absolute atomic E-state index is 0.567. The highest BCUT2D eigenvalue weighted by Gasteiger charge is 2.31. The molecule has 2 atom stereocenters. The molecule has 0 radical (unpaired) electrons. The Bertz CT molecular complexity index is 438. The zero-order chi connectivity index (χ0) is 13.9. The molecule has 2 nitrogen and oxygen atoms in total. The molecule has 2 N–H and O–H groups in total. The highest BCUT2D eigenvalue weighted by molar-refractivity contribution is 6.33. The van der Waals surface area contributed by atoms with Gasteiger partial charge in [-0.1, -0.05) is 43.0 Å². The van der Waals surface area contributed by atoms with Crippen molar-refractivity contribution in [1.82, 2.24) is 5.32 Å². The van der Waals surface area contributed by atoms with E-state index >= 15 is 0 Å². The van der Waals surface area contributed by atoms with E-state index in [1.807, 2.05) is 6.07 Å². The van der Waals surface area contributed by atoms with Gasteiger partial charge in [0.2, 0.25) is 0 Å². The lowest BCUT2D eigenvalue weighted by Gasteiger charge is -2.35. The van der Waals surface area contributed by atoms with Crippen LogP contribution in [0.5, 0.6) is 0 Å². The van der Waals surface area contributed by atoms with Crippen LogP contribution in [0.15, 0.2) is 18.2 Å². The van der Waals surface area contributed by atoms with E-state index in [0.29, 0.717) is 29.1 Å². The predicted octanol–water partition coefficient (Wildman–Crippen LogP) is 4.02. The summed E-state index contributed by atoms with van der Waals surface area (Å²) in [5, 5.41) is 15.2. The Labute approximate surface area is 125 Å². The molecule has 1 fully saturated rings. The normalized spacial score (nSPS) is 27.5. The van der Waals surface area contributed by atoms with Crippen LogP contribution in [0.25, 0.3) is 0 Å². The summed E-state index contributed by atoms with van der Waals surface area (Å²) in [5.41, 5.74) is 0.407. The van der Waals surface area contributed by atoms with Crippen LogP contribution in [-0.2, 0) is 6.54 Å². The van der Waals surface area contributed by atoms with Gasteiger partial charge in [0.05, 0.1) is 5.60 Å². The fraction of sp³-hybridized carbons (Fsp3) is 0.600. The lowest BCUT2D eigenvalue weighted by atomic mass is 9.79. The van der Waals surface area contributed by atoms with Crippen molar-refractivity contribution in [3.63, 3.8) is 0 Å². The van der Waals surface area contributed by atoms with E-state index in [4.69, 9.17) is 23.2 Å².